The SMILES string of the molecule is COC(=O)NC(=NC1C(=N)C=CC(Sc2ccc(C#N)cc2)=C1Cc1ccccc1)SC. The van der Waals surface area contributed by atoms with E-state index in [1.807, 2.05) is 54.8 Å². The number of hydrogen-bond acceptors (Lipinski definition) is 7. The summed E-state index contributed by atoms with van der Waals surface area (Å²) in [6, 6.07) is 19.0. The first-order chi connectivity index (χ1) is 15.5. The Morgan fingerprint density at radius 1 is 1.19 bits per heavy atom. The smallest absolute Gasteiger partial charge is 0.412 e. The molecule has 3 rings (SSSR count). The topological polar surface area (TPSA) is 98.3 Å². The number of amidine groups is 1. The maximum Gasteiger partial charge on any atom is 0.412 e. The van der Waals surface area contributed by atoms with Crippen molar-refractivity contribution < 1.29 is 9.53 Å². The third-order valence-corrected chi connectivity index (χ3v) is 6.36. The molecule has 0 radical (unpaired) electrons. The lowest BCUT2D eigenvalue weighted by molar-refractivity contribution is 0.177. The number of nitriles is 1. The van der Waals surface area contributed by atoms with Crippen LogP contribution < -0.4 is 5.32 Å². The van der Waals surface area contributed by atoms with E-state index in [4.69, 9.17) is 15.7 Å². The highest BCUT2D eigenvalue weighted by atomic mass is 32.2. The molecule has 2 N–H and O–H groups in total. The molecule has 0 saturated heterocycles. The Hall–Kier alpha value is -3.28. The first kappa shape index (κ1) is 23.4. The molecule has 0 saturated carbocycles. The van der Waals surface area contributed by atoms with Crippen LogP contribution in [0.5, 0.6) is 0 Å². The van der Waals surface area contributed by atoms with Gasteiger partial charge in [-0.15, -0.1) is 0 Å². The Balaban J connectivity index is 2.02. The van der Waals surface area contributed by atoms with E-state index in [1.165, 1.54) is 18.9 Å². The molecule has 2 aromatic carbocycles. The van der Waals surface area contributed by atoms with E-state index in [1.54, 1.807) is 30.0 Å². The average Bonchev–Trinajstić information content (AvgIpc) is 2.83. The molecule has 1 unspecified atom stereocenters. The lowest BCUT2D eigenvalue weighted by Gasteiger charge is -2.24. The molecule has 0 aromatic heterocycles. The van der Waals surface area contributed by atoms with Crippen LogP contribution in [-0.4, -0.2) is 36.4 Å². The van der Waals surface area contributed by atoms with E-state index < -0.39 is 12.1 Å². The number of thioether (sulfide) groups is 2. The van der Waals surface area contributed by atoms with Crippen LogP contribution in [0.2, 0.25) is 0 Å². The zero-order valence-electron chi connectivity index (χ0n) is 17.7. The average molecular weight is 463 g/mol. The molecule has 162 valence electrons. The molecule has 1 amide bonds. The summed E-state index contributed by atoms with van der Waals surface area (Å²) >= 11 is 2.85. The fraction of sp³-hybridized carbons (Fsp3) is 0.167. The van der Waals surface area contributed by atoms with E-state index in [9.17, 15) is 4.79 Å². The second-order valence-electron chi connectivity index (χ2n) is 6.74. The Morgan fingerprint density at radius 3 is 2.53 bits per heavy atom. The van der Waals surface area contributed by atoms with Gasteiger partial charge in [-0.1, -0.05) is 53.9 Å². The number of ether oxygens (including phenoxy) is 1. The number of nitrogens with one attached hydrogen (secondary N) is 2. The van der Waals surface area contributed by atoms with Gasteiger partial charge in [-0.2, -0.15) is 5.26 Å². The zero-order valence-corrected chi connectivity index (χ0v) is 19.3. The van der Waals surface area contributed by atoms with Crippen LogP contribution in [0, 0.1) is 16.7 Å². The Labute approximate surface area is 196 Å². The number of benzene rings is 2. The molecule has 1 atom stereocenters. The molecule has 32 heavy (non-hydrogen) atoms. The Morgan fingerprint density at radius 2 is 1.91 bits per heavy atom. The van der Waals surface area contributed by atoms with Gasteiger partial charge in [0.05, 0.1) is 24.5 Å². The van der Waals surface area contributed by atoms with Gasteiger partial charge in [0.25, 0.3) is 0 Å². The van der Waals surface area contributed by atoms with Crippen LogP contribution >= 0.6 is 23.5 Å². The molecule has 1 aliphatic carbocycles. The number of hydrogen-bond donors (Lipinski definition) is 2. The van der Waals surface area contributed by atoms with Gasteiger partial charge in [-0.3, -0.25) is 5.32 Å². The van der Waals surface area contributed by atoms with Crippen LogP contribution in [0.25, 0.3) is 0 Å². The van der Waals surface area contributed by atoms with Gasteiger partial charge >= 0.3 is 6.09 Å². The van der Waals surface area contributed by atoms with Crippen LogP contribution in [-0.2, 0) is 11.2 Å². The molecule has 0 spiro atoms. The van der Waals surface area contributed by atoms with Gasteiger partial charge in [-0.05, 0) is 60.2 Å². The summed E-state index contributed by atoms with van der Waals surface area (Å²) in [4.78, 5) is 18.4. The molecule has 0 aliphatic heterocycles. The van der Waals surface area contributed by atoms with Crippen molar-refractivity contribution in [1.82, 2.24) is 5.32 Å². The van der Waals surface area contributed by atoms with E-state index >= 15 is 0 Å². The normalized spacial score (nSPS) is 16.0. The summed E-state index contributed by atoms with van der Waals surface area (Å²) in [5.41, 5.74) is 3.03. The van der Waals surface area contributed by atoms with E-state index in [0.717, 1.165) is 20.9 Å². The molecule has 0 fully saturated rings. The van der Waals surface area contributed by atoms with Crippen LogP contribution in [0.15, 0.2) is 87.1 Å². The van der Waals surface area contributed by atoms with E-state index in [2.05, 4.69) is 16.1 Å². The highest BCUT2D eigenvalue weighted by molar-refractivity contribution is 8.13. The third-order valence-electron chi connectivity index (χ3n) is 4.64. The highest BCUT2D eigenvalue weighted by Gasteiger charge is 2.26. The lowest BCUT2D eigenvalue weighted by Crippen LogP contribution is -2.32. The van der Waals surface area contributed by atoms with Crippen molar-refractivity contribution in [3.05, 3.63) is 88.4 Å². The molecular formula is C24H22N4O2S2. The van der Waals surface area contributed by atoms with Crippen molar-refractivity contribution in [3.63, 3.8) is 0 Å². The van der Waals surface area contributed by atoms with Crippen molar-refractivity contribution in [2.45, 2.75) is 17.4 Å². The van der Waals surface area contributed by atoms with Crippen molar-refractivity contribution in [1.29, 1.82) is 10.7 Å². The first-order valence-corrected chi connectivity index (χ1v) is 11.8. The second kappa shape index (κ2) is 11.4. The Kier molecular flexibility index (Phi) is 8.31. The Bertz CT molecular complexity index is 1120. The number of nitrogens with zero attached hydrogens (tertiary/aromatic N) is 2. The quantitative estimate of drug-likeness (QED) is 0.471. The lowest BCUT2D eigenvalue weighted by atomic mass is 9.92. The van der Waals surface area contributed by atoms with Gasteiger partial charge in [0.15, 0.2) is 5.17 Å². The predicted octanol–water partition coefficient (Wildman–Crippen LogP) is 5.18. The minimum absolute atomic E-state index is 0.346. The number of alkyl carbamates (subject to hydrolysis) is 1. The summed E-state index contributed by atoms with van der Waals surface area (Å²) in [5, 5.41) is 20.6. The molecule has 8 heteroatoms. The van der Waals surface area contributed by atoms with E-state index in [0.29, 0.717) is 22.9 Å². The largest absolute Gasteiger partial charge is 0.453 e. The number of carbonyl (C=O) groups excluding carboxylic acids is 1. The van der Waals surface area contributed by atoms with Gasteiger partial charge in [0.1, 0.15) is 6.04 Å². The molecular weight excluding hydrogens is 440 g/mol. The minimum atomic E-state index is -0.600. The van der Waals surface area contributed by atoms with Crippen molar-refractivity contribution in [2.75, 3.05) is 13.4 Å². The van der Waals surface area contributed by atoms with Gasteiger partial charge in [-0.25, -0.2) is 9.79 Å². The molecule has 0 heterocycles. The molecule has 6 nitrogen and oxygen atoms in total. The first-order valence-electron chi connectivity index (χ1n) is 9.72. The minimum Gasteiger partial charge on any atom is -0.453 e. The molecule has 0 bridgehead atoms. The number of allylic oxidation sites excluding steroid dienone is 1. The number of methoxy groups -OCH3 is 1. The maximum absolute atomic E-state index is 11.7. The summed E-state index contributed by atoms with van der Waals surface area (Å²) in [6.45, 7) is 0. The monoisotopic (exact) mass is 462 g/mol. The predicted molar refractivity (Wildman–Crippen MR) is 131 cm³/mol. The van der Waals surface area contributed by atoms with Crippen LogP contribution in [0.1, 0.15) is 11.1 Å². The van der Waals surface area contributed by atoms with Crippen molar-refractivity contribution >= 4 is 40.5 Å². The zero-order chi connectivity index (χ0) is 22.9. The van der Waals surface area contributed by atoms with Crippen LogP contribution in [0.3, 0.4) is 0 Å². The highest BCUT2D eigenvalue weighted by Crippen LogP contribution is 2.36. The number of carbonyl (C=O) groups is 1. The third kappa shape index (κ3) is 6.13. The summed E-state index contributed by atoms with van der Waals surface area (Å²) in [7, 11) is 1.30. The van der Waals surface area contributed by atoms with Gasteiger partial charge in [0, 0.05) is 9.80 Å². The van der Waals surface area contributed by atoms with Gasteiger partial charge < -0.3 is 10.1 Å². The summed E-state index contributed by atoms with van der Waals surface area (Å²) < 4.78 is 4.69. The second-order valence-corrected chi connectivity index (χ2v) is 8.65. The number of rotatable bonds is 5. The maximum atomic E-state index is 11.7. The summed E-state index contributed by atoms with van der Waals surface area (Å²) in [6.07, 6.45) is 5.49. The molecule has 2 aromatic rings. The number of aliphatic imine (C=N–C) groups is 1. The fourth-order valence-corrected chi connectivity index (χ4v) is 4.42. The molecule has 1 aliphatic rings. The standard InChI is InChI=1S/C24H22N4O2S2/c1-30-24(29)28-23(31-2)27-22-19(14-16-6-4-3-5-7-16)21(13-12-20(22)26)32-18-10-8-17(15-25)9-11-18/h3-13,22,26H,14H2,1-2H3,(H,27,28,29). The van der Waals surface area contributed by atoms with Crippen molar-refractivity contribution in [3.8, 4) is 6.07 Å². The van der Waals surface area contributed by atoms with Gasteiger partial charge in [0.2, 0.25) is 0 Å². The number of amides is 1. The summed E-state index contributed by atoms with van der Waals surface area (Å²) in [5.74, 6) is 0. The van der Waals surface area contributed by atoms with Crippen molar-refractivity contribution in [2.24, 2.45) is 4.99 Å². The van der Waals surface area contributed by atoms with E-state index in [-0.39, 0.29) is 0 Å². The fourth-order valence-electron chi connectivity index (χ4n) is 3.05. The van der Waals surface area contributed by atoms with Crippen LogP contribution in [0.4, 0.5) is 4.79 Å².